The lowest BCUT2D eigenvalue weighted by molar-refractivity contribution is 0.416. The molecule has 0 aromatic carbocycles. The molecular weight excluding hydrogens is 255 g/mol. The van der Waals surface area contributed by atoms with Crippen LogP contribution in [0.3, 0.4) is 0 Å². The number of pyridine rings is 1. The number of rotatable bonds is 1. The number of ether oxygens (including phenoxy) is 1. The van der Waals surface area contributed by atoms with Gasteiger partial charge < -0.3 is 9.14 Å². The van der Waals surface area contributed by atoms with E-state index in [9.17, 15) is 0 Å². The summed E-state index contributed by atoms with van der Waals surface area (Å²) >= 11 is 9.12. The van der Waals surface area contributed by atoms with E-state index in [0.29, 0.717) is 10.9 Å². The van der Waals surface area contributed by atoms with Crippen LogP contribution in [-0.2, 0) is 0 Å². The lowest BCUT2D eigenvalue weighted by atomic mass is 10.4. The quantitative estimate of drug-likeness (QED) is 0.789. The highest BCUT2D eigenvalue weighted by Crippen LogP contribution is 2.25. The Labute approximate surface area is 88.4 Å². The molecule has 68 valence electrons. The average molecular weight is 262 g/mol. The summed E-state index contributed by atoms with van der Waals surface area (Å²) in [6, 6.07) is 1.85. The van der Waals surface area contributed by atoms with E-state index in [1.807, 2.05) is 16.7 Å². The van der Waals surface area contributed by atoms with Crippen LogP contribution in [0.2, 0.25) is 5.15 Å². The van der Waals surface area contributed by atoms with Crippen molar-refractivity contribution in [2.24, 2.45) is 0 Å². The maximum Gasteiger partial charge on any atom is 0.181 e. The first-order valence-corrected chi connectivity index (χ1v) is 4.75. The van der Waals surface area contributed by atoms with Gasteiger partial charge in [-0.3, -0.25) is 0 Å². The third-order valence-electron chi connectivity index (χ3n) is 1.67. The zero-order chi connectivity index (χ0) is 9.42. The van der Waals surface area contributed by atoms with Gasteiger partial charge in [0.1, 0.15) is 5.15 Å². The smallest absolute Gasteiger partial charge is 0.181 e. The molecule has 2 heterocycles. The molecule has 0 fully saturated rings. The van der Waals surface area contributed by atoms with Gasteiger partial charge in [-0.2, -0.15) is 0 Å². The first-order chi connectivity index (χ1) is 6.20. The van der Waals surface area contributed by atoms with Crippen molar-refractivity contribution in [1.29, 1.82) is 0 Å². The minimum Gasteiger partial charge on any atom is -0.493 e. The van der Waals surface area contributed by atoms with Crippen molar-refractivity contribution >= 4 is 33.2 Å². The van der Waals surface area contributed by atoms with E-state index in [-0.39, 0.29) is 0 Å². The number of nitrogens with zero attached hydrogens (tertiary/aromatic N) is 2. The van der Waals surface area contributed by atoms with Crippen molar-refractivity contribution in [2.45, 2.75) is 0 Å². The van der Waals surface area contributed by atoms with Gasteiger partial charge in [-0.05, 0) is 22.0 Å². The Bertz CT molecular complexity index is 455. The number of halogens is 2. The van der Waals surface area contributed by atoms with Crippen LogP contribution >= 0.6 is 27.5 Å². The van der Waals surface area contributed by atoms with E-state index in [1.54, 1.807) is 13.3 Å². The van der Waals surface area contributed by atoms with Crippen LogP contribution in [-0.4, -0.2) is 16.5 Å². The van der Waals surface area contributed by atoms with Gasteiger partial charge in [0.05, 0.1) is 7.11 Å². The fourth-order valence-corrected chi connectivity index (χ4v) is 1.77. The Morgan fingerprint density at radius 1 is 1.54 bits per heavy atom. The van der Waals surface area contributed by atoms with E-state index in [0.717, 1.165) is 10.1 Å². The van der Waals surface area contributed by atoms with E-state index >= 15 is 0 Å². The summed E-state index contributed by atoms with van der Waals surface area (Å²) in [5.74, 6) is 0.696. The summed E-state index contributed by atoms with van der Waals surface area (Å²) in [5, 5.41) is 0.455. The molecule has 0 aliphatic carbocycles. The molecule has 0 atom stereocenters. The number of aromatic nitrogens is 2. The second-order valence-electron chi connectivity index (χ2n) is 2.52. The van der Waals surface area contributed by atoms with Gasteiger partial charge in [0.25, 0.3) is 0 Å². The molecule has 0 spiro atoms. The third-order valence-corrected chi connectivity index (χ3v) is 2.29. The summed E-state index contributed by atoms with van der Waals surface area (Å²) in [4.78, 5) is 4.11. The van der Waals surface area contributed by atoms with Crippen molar-refractivity contribution in [3.8, 4) is 5.75 Å². The predicted octanol–water partition coefficient (Wildman–Crippen LogP) is 2.76. The molecule has 0 aliphatic rings. The van der Waals surface area contributed by atoms with Crippen molar-refractivity contribution in [2.75, 3.05) is 7.11 Å². The highest BCUT2D eigenvalue weighted by Gasteiger charge is 2.06. The molecule has 2 rings (SSSR count). The molecule has 0 radical (unpaired) electrons. The Morgan fingerprint density at radius 2 is 2.31 bits per heavy atom. The molecule has 0 saturated carbocycles. The summed E-state index contributed by atoms with van der Waals surface area (Å²) in [6.45, 7) is 0. The number of methoxy groups -OCH3 is 1. The fourth-order valence-electron chi connectivity index (χ4n) is 1.15. The normalized spacial score (nSPS) is 10.7. The number of fused-ring (bicyclic) bond motifs is 1. The van der Waals surface area contributed by atoms with Crippen molar-refractivity contribution in [1.82, 2.24) is 9.38 Å². The summed E-state index contributed by atoms with van der Waals surface area (Å²) in [5.41, 5.74) is 0.718. The Hall–Kier alpha value is -0.740. The molecule has 3 nitrogen and oxygen atoms in total. The van der Waals surface area contributed by atoms with Crippen molar-refractivity contribution in [3.63, 3.8) is 0 Å². The number of imidazole rings is 1. The zero-order valence-corrected chi connectivity index (χ0v) is 9.13. The van der Waals surface area contributed by atoms with Gasteiger partial charge in [0.15, 0.2) is 11.4 Å². The minimum atomic E-state index is 0.455. The van der Waals surface area contributed by atoms with E-state index in [2.05, 4.69) is 20.9 Å². The number of hydrogen-bond donors (Lipinski definition) is 0. The maximum atomic E-state index is 5.76. The molecule has 5 heteroatoms. The monoisotopic (exact) mass is 260 g/mol. The SMILES string of the molecule is COc1cc(Br)cn2cc(Cl)nc12. The summed E-state index contributed by atoms with van der Waals surface area (Å²) in [6.07, 6.45) is 3.60. The van der Waals surface area contributed by atoms with Crippen LogP contribution in [0.25, 0.3) is 5.65 Å². The fraction of sp³-hybridized carbons (Fsp3) is 0.125. The lowest BCUT2D eigenvalue weighted by Gasteiger charge is -2.02. The summed E-state index contributed by atoms with van der Waals surface area (Å²) in [7, 11) is 1.60. The molecule has 0 saturated heterocycles. The van der Waals surface area contributed by atoms with Crippen LogP contribution in [0.1, 0.15) is 0 Å². The van der Waals surface area contributed by atoms with Gasteiger partial charge in [-0.15, -0.1) is 0 Å². The van der Waals surface area contributed by atoms with Crippen LogP contribution in [0.4, 0.5) is 0 Å². The molecular formula is C8H6BrClN2O. The van der Waals surface area contributed by atoms with Gasteiger partial charge in [-0.1, -0.05) is 11.6 Å². The third kappa shape index (κ3) is 1.51. The maximum absolute atomic E-state index is 5.76. The molecule has 2 aromatic rings. The van der Waals surface area contributed by atoms with Crippen molar-refractivity contribution in [3.05, 3.63) is 28.1 Å². The number of hydrogen-bond acceptors (Lipinski definition) is 2. The van der Waals surface area contributed by atoms with E-state index in [1.165, 1.54) is 0 Å². The lowest BCUT2D eigenvalue weighted by Crippen LogP contribution is -1.89. The topological polar surface area (TPSA) is 26.5 Å². The molecule has 0 unspecified atom stereocenters. The molecule has 0 bridgehead atoms. The first kappa shape index (κ1) is 8.84. The molecule has 0 amide bonds. The van der Waals surface area contributed by atoms with Gasteiger partial charge >= 0.3 is 0 Å². The molecule has 0 aliphatic heterocycles. The van der Waals surface area contributed by atoms with E-state index in [4.69, 9.17) is 16.3 Å². The largest absolute Gasteiger partial charge is 0.493 e. The Balaban J connectivity index is 2.80. The van der Waals surface area contributed by atoms with Crippen molar-refractivity contribution < 1.29 is 4.74 Å². The van der Waals surface area contributed by atoms with Crippen LogP contribution in [0, 0.1) is 0 Å². The average Bonchev–Trinajstić information content (AvgIpc) is 2.43. The Morgan fingerprint density at radius 3 is 3.00 bits per heavy atom. The highest BCUT2D eigenvalue weighted by atomic mass is 79.9. The van der Waals surface area contributed by atoms with Gasteiger partial charge in [0.2, 0.25) is 0 Å². The van der Waals surface area contributed by atoms with Crippen LogP contribution in [0.15, 0.2) is 22.9 Å². The van der Waals surface area contributed by atoms with Crippen LogP contribution in [0.5, 0.6) is 5.75 Å². The Kier molecular flexibility index (Phi) is 2.17. The first-order valence-electron chi connectivity index (χ1n) is 3.58. The second-order valence-corrected chi connectivity index (χ2v) is 3.82. The highest BCUT2D eigenvalue weighted by molar-refractivity contribution is 9.10. The van der Waals surface area contributed by atoms with Crippen LogP contribution < -0.4 is 4.74 Å². The second kappa shape index (κ2) is 3.20. The minimum absolute atomic E-state index is 0.455. The van der Waals surface area contributed by atoms with Gasteiger partial charge in [-0.25, -0.2) is 4.98 Å². The standard InChI is InChI=1S/C8H6BrClN2O/c1-13-6-2-5(9)3-12-4-7(10)11-8(6)12/h2-4H,1H3. The van der Waals surface area contributed by atoms with E-state index < -0.39 is 0 Å². The predicted molar refractivity (Wildman–Crippen MR) is 54.5 cm³/mol. The molecule has 0 N–H and O–H groups in total. The van der Waals surface area contributed by atoms with Gasteiger partial charge in [0, 0.05) is 16.9 Å². The summed E-state index contributed by atoms with van der Waals surface area (Å²) < 4.78 is 7.88. The zero-order valence-electron chi connectivity index (χ0n) is 6.79. The molecule has 13 heavy (non-hydrogen) atoms. The molecule has 2 aromatic heterocycles.